The van der Waals surface area contributed by atoms with Gasteiger partial charge in [-0.05, 0) is 17.7 Å². The van der Waals surface area contributed by atoms with Gasteiger partial charge >= 0.3 is 6.18 Å². The zero-order chi connectivity index (χ0) is 14.8. The van der Waals surface area contributed by atoms with Crippen LogP contribution in [0, 0.1) is 5.82 Å². The van der Waals surface area contributed by atoms with Gasteiger partial charge in [0.25, 0.3) is 0 Å². The second kappa shape index (κ2) is 8.76. The minimum atomic E-state index is -4.42. The van der Waals surface area contributed by atoms with Gasteiger partial charge in [0.1, 0.15) is 6.04 Å². The second-order valence-electron chi connectivity index (χ2n) is 4.62. The van der Waals surface area contributed by atoms with E-state index in [1.807, 2.05) is 0 Å². The van der Waals surface area contributed by atoms with E-state index in [2.05, 4.69) is 5.32 Å². The predicted octanol–water partition coefficient (Wildman–Crippen LogP) is 3.19. The Morgan fingerprint density at radius 2 is 1.77 bits per heavy atom. The number of alkyl halides is 3. The summed E-state index contributed by atoms with van der Waals surface area (Å²) in [6, 6.07) is 1.56. The maximum atomic E-state index is 13.3. The molecule has 1 N–H and O–H groups in total. The number of ether oxygens (including phenoxy) is 1. The van der Waals surface area contributed by atoms with Crippen molar-refractivity contribution in [3.05, 3.63) is 29.6 Å². The SMILES string of the molecule is COc1cc([C@@H](N2CCNCC2)C(F)(F)F)ccc1F.Cl.Cl. The molecule has 0 aliphatic carbocycles. The van der Waals surface area contributed by atoms with E-state index in [0.29, 0.717) is 26.2 Å². The van der Waals surface area contributed by atoms with Crippen LogP contribution in [0.15, 0.2) is 18.2 Å². The molecule has 1 saturated heterocycles. The fourth-order valence-electron chi connectivity index (χ4n) is 2.39. The lowest BCUT2D eigenvalue weighted by Gasteiger charge is -2.36. The van der Waals surface area contributed by atoms with Gasteiger partial charge in [0, 0.05) is 26.2 Å². The van der Waals surface area contributed by atoms with Gasteiger partial charge in [-0.15, -0.1) is 24.8 Å². The highest BCUT2D eigenvalue weighted by atomic mass is 35.5. The van der Waals surface area contributed by atoms with E-state index in [1.165, 1.54) is 12.0 Å². The van der Waals surface area contributed by atoms with Gasteiger partial charge in [0.05, 0.1) is 7.11 Å². The topological polar surface area (TPSA) is 24.5 Å². The summed E-state index contributed by atoms with van der Waals surface area (Å²) in [6.07, 6.45) is -4.42. The maximum Gasteiger partial charge on any atom is 0.408 e. The van der Waals surface area contributed by atoms with E-state index in [1.54, 1.807) is 0 Å². The second-order valence-corrected chi connectivity index (χ2v) is 4.62. The van der Waals surface area contributed by atoms with Crippen LogP contribution in [-0.4, -0.2) is 44.4 Å². The number of nitrogens with one attached hydrogen (secondary N) is 1. The van der Waals surface area contributed by atoms with Gasteiger partial charge in [0.15, 0.2) is 11.6 Å². The van der Waals surface area contributed by atoms with E-state index in [-0.39, 0.29) is 36.1 Å². The fourth-order valence-corrected chi connectivity index (χ4v) is 2.39. The molecule has 1 atom stereocenters. The normalized spacial score (nSPS) is 17.1. The molecule has 1 aromatic carbocycles. The average molecular weight is 365 g/mol. The Hall–Kier alpha value is -0.760. The van der Waals surface area contributed by atoms with Gasteiger partial charge in [-0.1, -0.05) is 6.07 Å². The first-order valence-corrected chi connectivity index (χ1v) is 6.28. The van der Waals surface area contributed by atoms with Crippen molar-refractivity contribution in [2.75, 3.05) is 33.3 Å². The smallest absolute Gasteiger partial charge is 0.408 e. The van der Waals surface area contributed by atoms with Crippen LogP contribution in [0.4, 0.5) is 17.6 Å². The molecule has 2 rings (SSSR count). The van der Waals surface area contributed by atoms with E-state index >= 15 is 0 Å². The number of benzene rings is 1. The molecule has 1 aliphatic heterocycles. The molecule has 0 spiro atoms. The molecule has 128 valence electrons. The van der Waals surface area contributed by atoms with Crippen molar-refractivity contribution >= 4 is 24.8 Å². The summed E-state index contributed by atoms with van der Waals surface area (Å²) in [5, 5.41) is 3.01. The summed E-state index contributed by atoms with van der Waals surface area (Å²) in [7, 11) is 1.23. The third-order valence-corrected chi connectivity index (χ3v) is 3.32. The van der Waals surface area contributed by atoms with Crippen molar-refractivity contribution in [3.63, 3.8) is 0 Å². The molecule has 0 amide bonds. The van der Waals surface area contributed by atoms with Crippen LogP contribution >= 0.6 is 24.8 Å². The fraction of sp³-hybridized carbons (Fsp3) is 0.538. The van der Waals surface area contributed by atoms with Crippen LogP contribution in [0.3, 0.4) is 0 Å². The largest absolute Gasteiger partial charge is 0.494 e. The Labute approximate surface area is 138 Å². The van der Waals surface area contributed by atoms with Gasteiger partial charge in [-0.3, -0.25) is 4.90 Å². The summed E-state index contributed by atoms with van der Waals surface area (Å²) in [6.45, 7) is 1.60. The Kier molecular flexibility index (Phi) is 8.46. The minimum absolute atomic E-state index is 0. The van der Waals surface area contributed by atoms with Crippen molar-refractivity contribution < 1.29 is 22.3 Å². The van der Waals surface area contributed by atoms with Crippen LogP contribution in [0.25, 0.3) is 0 Å². The molecule has 0 unspecified atom stereocenters. The van der Waals surface area contributed by atoms with E-state index in [4.69, 9.17) is 4.74 Å². The molecule has 0 radical (unpaired) electrons. The lowest BCUT2D eigenvalue weighted by molar-refractivity contribution is -0.187. The molecular weight excluding hydrogens is 347 g/mol. The zero-order valence-corrected chi connectivity index (χ0v) is 13.5. The Bertz CT molecular complexity index is 468. The number of rotatable bonds is 3. The van der Waals surface area contributed by atoms with Crippen LogP contribution < -0.4 is 10.1 Å². The molecule has 9 heteroatoms. The maximum absolute atomic E-state index is 13.3. The molecule has 1 aliphatic rings. The van der Waals surface area contributed by atoms with Gasteiger partial charge in [-0.2, -0.15) is 13.2 Å². The van der Waals surface area contributed by atoms with Crippen molar-refractivity contribution in [3.8, 4) is 5.75 Å². The van der Waals surface area contributed by atoms with Gasteiger partial charge in [-0.25, -0.2) is 4.39 Å². The highest BCUT2D eigenvalue weighted by Gasteiger charge is 2.45. The van der Waals surface area contributed by atoms with Crippen LogP contribution in [-0.2, 0) is 0 Å². The Morgan fingerprint density at radius 1 is 1.18 bits per heavy atom. The number of hydrogen-bond donors (Lipinski definition) is 1. The van der Waals surface area contributed by atoms with E-state index in [0.717, 1.165) is 18.2 Å². The highest BCUT2D eigenvalue weighted by molar-refractivity contribution is 5.85. The molecule has 22 heavy (non-hydrogen) atoms. The predicted molar refractivity (Wildman–Crippen MR) is 80.7 cm³/mol. The van der Waals surface area contributed by atoms with E-state index < -0.39 is 18.0 Å². The molecule has 0 saturated carbocycles. The number of halogens is 6. The summed E-state index contributed by atoms with van der Waals surface area (Å²) >= 11 is 0. The van der Waals surface area contributed by atoms with Crippen LogP contribution in [0.5, 0.6) is 5.75 Å². The third kappa shape index (κ3) is 4.87. The van der Waals surface area contributed by atoms with Crippen LogP contribution in [0.2, 0.25) is 0 Å². The Morgan fingerprint density at radius 3 is 2.27 bits per heavy atom. The first kappa shape index (κ1) is 21.2. The molecule has 1 fully saturated rings. The minimum Gasteiger partial charge on any atom is -0.494 e. The summed E-state index contributed by atoms with van der Waals surface area (Å²) in [5.74, 6) is -0.843. The summed E-state index contributed by atoms with van der Waals surface area (Å²) in [4.78, 5) is 1.35. The monoisotopic (exact) mass is 364 g/mol. The molecule has 3 nitrogen and oxygen atoms in total. The highest BCUT2D eigenvalue weighted by Crippen LogP contribution is 2.39. The van der Waals surface area contributed by atoms with Gasteiger partial charge in [0.2, 0.25) is 0 Å². The quantitative estimate of drug-likeness (QED) is 0.833. The van der Waals surface area contributed by atoms with Crippen molar-refractivity contribution in [2.45, 2.75) is 12.2 Å². The zero-order valence-electron chi connectivity index (χ0n) is 11.8. The average Bonchev–Trinajstić information content (AvgIpc) is 2.40. The third-order valence-electron chi connectivity index (χ3n) is 3.32. The first-order valence-electron chi connectivity index (χ1n) is 6.28. The number of methoxy groups -OCH3 is 1. The summed E-state index contributed by atoms with van der Waals surface area (Å²) in [5.41, 5.74) is -0.00218. The molecule has 0 aromatic heterocycles. The van der Waals surface area contributed by atoms with E-state index in [9.17, 15) is 17.6 Å². The van der Waals surface area contributed by atoms with Crippen molar-refractivity contribution in [1.82, 2.24) is 10.2 Å². The lowest BCUT2D eigenvalue weighted by Crippen LogP contribution is -2.49. The molecular formula is C13H18Cl2F4N2O. The standard InChI is InChI=1S/C13H16F4N2O.2ClH/c1-20-11-8-9(2-3-10(11)14)12(13(15,16)17)19-6-4-18-5-7-19;;/h2-3,8,12,18H,4-7H2,1H3;2*1H/t12-;;/m1../s1. The Balaban J connectivity index is 0.00000220. The van der Waals surface area contributed by atoms with Crippen molar-refractivity contribution in [2.24, 2.45) is 0 Å². The first-order chi connectivity index (χ1) is 9.43. The van der Waals surface area contributed by atoms with Crippen molar-refractivity contribution in [1.29, 1.82) is 0 Å². The molecule has 0 bridgehead atoms. The molecule has 1 heterocycles. The lowest BCUT2D eigenvalue weighted by atomic mass is 10.0. The number of nitrogens with zero attached hydrogens (tertiary/aromatic N) is 1. The van der Waals surface area contributed by atoms with Crippen LogP contribution in [0.1, 0.15) is 11.6 Å². The number of hydrogen-bond acceptors (Lipinski definition) is 3. The van der Waals surface area contributed by atoms with Gasteiger partial charge < -0.3 is 10.1 Å². The summed E-state index contributed by atoms with van der Waals surface area (Å²) < 4.78 is 58.1. The number of piperazine rings is 1. The molecule has 1 aromatic rings.